The summed E-state index contributed by atoms with van der Waals surface area (Å²) < 4.78 is 24.0. The summed E-state index contributed by atoms with van der Waals surface area (Å²) in [7, 11) is 0.0494. The highest BCUT2D eigenvalue weighted by Crippen LogP contribution is 1.86. The molecule has 0 saturated carbocycles. The van der Waals surface area contributed by atoms with Crippen molar-refractivity contribution in [3.05, 3.63) is 0 Å². The predicted molar refractivity (Wildman–Crippen MR) is 47.4 cm³/mol. The third-order valence-electron chi connectivity index (χ3n) is 1.53. The summed E-state index contributed by atoms with van der Waals surface area (Å²) in [6.45, 7) is 0.985. The monoisotopic (exact) mass is 196 g/mol. The van der Waals surface area contributed by atoms with Gasteiger partial charge >= 0.3 is 0 Å². The summed E-state index contributed by atoms with van der Waals surface area (Å²) in [6.07, 6.45) is 0. The number of sulfonamides is 1. The number of likely N-dealkylation sites (N-methyl/N-ethyl adjacent to an activating group) is 1. The Morgan fingerprint density at radius 3 is 2.42 bits per heavy atom. The number of aliphatic hydroxyl groups excluding tert-OH is 1. The molecule has 0 spiro atoms. The molecule has 0 fully saturated rings. The van der Waals surface area contributed by atoms with E-state index in [1.54, 1.807) is 11.9 Å². The zero-order chi connectivity index (χ0) is 9.61. The van der Waals surface area contributed by atoms with Crippen LogP contribution in [0, 0.1) is 0 Å². The third-order valence-corrected chi connectivity index (χ3v) is 2.88. The fraction of sp³-hybridized carbons (Fsp3) is 1.00. The Bertz CT molecular complexity index is 203. The van der Waals surface area contributed by atoms with Gasteiger partial charge in [-0.3, -0.25) is 0 Å². The summed E-state index contributed by atoms with van der Waals surface area (Å²) in [5, 5.41) is 8.52. The molecule has 0 rings (SSSR count). The standard InChI is InChI=1S/C6H16N2O3S/c1-7-12(10,11)6-4-8(2)3-5-9/h7,9H,3-6H2,1-2H3. The molecule has 0 amide bonds. The van der Waals surface area contributed by atoms with Gasteiger partial charge in [0.2, 0.25) is 10.0 Å². The van der Waals surface area contributed by atoms with E-state index in [0.29, 0.717) is 13.1 Å². The summed E-state index contributed by atoms with van der Waals surface area (Å²) >= 11 is 0. The van der Waals surface area contributed by atoms with Gasteiger partial charge in [-0.15, -0.1) is 0 Å². The van der Waals surface area contributed by atoms with Gasteiger partial charge in [0.25, 0.3) is 0 Å². The van der Waals surface area contributed by atoms with Crippen molar-refractivity contribution in [2.45, 2.75) is 0 Å². The van der Waals surface area contributed by atoms with Crippen LogP contribution in [0.1, 0.15) is 0 Å². The van der Waals surface area contributed by atoms with Crippen molar-refractivity contribution in [1.82, 2.24) is 9.62 Å². The summed E-state index contributed by atoms with van der Waals surface area (Å²) in [6, 6.07) is 0. The highest BCUT2D eigenvalue weighted by Gasteiger charge is 2.07. The highest BCUT2D eigenvalue weighted by molar-refractivity contribution is 7.89. The smallest absolute Gasteiger partial charge is 0.212 e. The number of rotatable bonds is 6. The molecule has 0 unspecified atom stereocenters. The molecule has 0 atom stereocenters. The normalized spacial score (nSPS) is 12.3. The minimum absolute atomic E-state index is 0.0517. The van der Waals surface area contributed by atoms with E-state index in [1.165, 1.54) is 7.05 Å². The molecule has 0 saturated heterocycles. The van der Waals surface area contributed by atoms with Crippen LogP contribution in [0.15, 0.2) is 0 Å². The SMILES string of the molecule is CNS(=O)(=O)CCN(C)CCO. The molecular weight excluding hydrogens is 180 g/mol. The first-order valence-corrected chi connectivity index (χ1v) is 5.37. The van der Waals surface area contributed by atoms with Crippen LogP contribution < -0.4 is 4.72 Å². The van der Waals surface area contributed by atoms with Crippen molar-refractivity contribution in [1.29, 1.82) is 0 Å². The van der Waals surface area contributed by atoms with Crippen LogP contribution in [0.25, 0.3) is 0 Å². The second-order valence-corrected chi connectivity index (χ2v) is 4.60. The van der Waals surface area contributed by atoms with Crippen LogP contribution in [0.2, 0.25) is 0 Å². The van der Waals surface area contributed by atoms with E-state index in [1.807, 2.05) is 0 Å². The molecule has 0 aromatic rings. The Balaban J connectivity index is 3.68. The van der Waals surface area contributed by atoms with Gasteiger partial charge in [0, 0.05) is 13.1 Å². The predicted octanol–water partition coefficient (Wildman–Crippen LogP) is -1.54. The molecule has 0 radical (unpaired) electrons. The second kappa shape index (κ2) is 5.47. The van der Waals surface area contributed by atoms with Crippen LogP contribution in [0.5, 0.6) is 0 Å². The van der Waals surface area contributed by atoms with Crippen LogP contribution in [-0.2, 0) is 10.0 Å². The Kier molecular flexibility index (Phi) is 5.39. The van der Waals surface area contributed by atoms with Gasteiger partial charge in [-0.05, 0) is 14.1 Å². The van der Waals surface area contributed by atoms with E-state index in [9.17, 15) is 8.42 Å². The van der Waals surface area contributed by atoms with Crippen molar-refractivity contribution in [2.24, 2.45) is 0 Å². The molecule has 2 N–H and O–H groups in total. The third kappa shape index (κ3) is 5.48. The van der Waals surface area contributed by atoms with Crippen LogP contribution >= 0.6 is 0 Å². The topological polar surface area (TPSA) is 69.6 Å². The van der Waals surface area contributed by atoms with E-state index in [0.717, 1.165) is 0 Å². The van der Waals surface area contributed by atoms with Crippen molar-refractivity contribution >= 4 is 10.0 Å². The Morgan fingerprint density at radius 1 is 1.42 bits per heavy atom. The quantitative estimate of drug-likeness (QED) is 0.540. The van der Waals surface area contributed by atoms with Crippen molar-refractivity contribution in [3.63, 3.8) is 0 Å². The lowest BCUT2D eigenvalue weighted by atomic mass is 10.5. The highest BCUT2D eigenvalue weighted by atomic mass is 32.2. The Labute approximate surface area is 73.4 Å². The average molecular weight is 196 g/mol. The maximum absolute atomic E-state index is 10.9. The van der Waals surface area contributed by atoms with Gasteiger partial charge in [-0.25, -0.2) is 13.1 Å². The zero-order valence-electron chi connectivity index (χ0n) is 7.45. The van der Waals surface area contributed by atoms with Crippen LogP contribution in [-0.4, -0.2) is 58.0 Å². The van der Waals surface area contributed by atoms with Gasteiger partial charge in [-0.1, -0.05) is 0 Å². The molecule has 0 aliphatic heterocycles. The minimum atomic E-state index is -3.11. The van der Waals surface area contributed by atoms with E-state index in [-0.39, 0.29) is 12.4 Å². The zero-order valence-corrected chi connectivity index (χ0v) is 8.26. The average Bonchev–Trinajstić information content (AvgIpc) is 2.02. The van der Waals surface area contributed by atoms with Crippen LogP contribution in [0.3, 0.4) is 0 Å². The first-order chi connectivity index (χ1) is 5.52. The maximum Gasteiger partial charge on any atom is 0.212 e. The van der Waals surface area contributed by atoms with Crippen molar-refractivity contribution < 1.29 is 13.5 Å². The molecule has 5 nitrogen and oxygen atoms in total. The lowest BCUT2D eigenvalue weighted by molar-refractivity contribution is 0.227. The fourth-order valence-electron chi connectivity index (χ4n) is 0.661. The summed E-state index contributed by atoms with van der Waals surface area (Å²) in [5.74, 6) is 0.0694. The Hall–Kier alpha value is -0.170. The van der Waals surface area contributed by atoms with Gasteiger partial charge in [0.15, 0.2) is 0 Å². The lowest BCUT2D eigenvalue weighted by Crippen LogP contribution is -2.32. The van der Waals surface area contributed by atoms with Gasteiger partial charge in [0.05, 0.1) is 12.4 Å². The molecule has 12 heavy (non-hydrogen) atoms. The second-order valence-electron chi connectivity index (χ2n) is 2.55. The van der Waals surface area contributed by atoms with Gasteiger partial charge in [0.1, 0.15) is 0 Å². The van der Waals surface area contributed by atoms with Crippen molar-refractivity contribution in [2.75, 3.05) is 39.5 Å². The number of hydrogen-bond acceptors (Lipinski definition) is 4. The molecule has 0 aromatic heterocycles. The Morgan fingerprint density at radius 2 is 2.00 bits per heavy atom. The molecule has 0 aliphatic carbocycles. The number of aliphatic hydroxyl groups is 1. The summed E-state index contributed by atoms with van der Waals surface area (Å²) in [5.41, 5.74) is 0. The van der Waals surface area contributed by atoms with E-state index in [2.05, 4.69) is 4.72 Å². The first kappa shape index (κ1) is 11.8. The van der Waals surface area contributed by atoms with E-state index in [4.69, 9.17) is 5.11 Å². The fourth-order valence-corrected chi connectivity index (χ4v) is 1.42. The number of nitrogens with one attached hydrogen (secondary N) is 1. The number of nitrogens with zero attached hydrogens (tertiary/aromatic N) is 1. The largest absolute Gasteiger partial charge is 0.395 e. The van der Waals surface area contributed by atoms with Gasteiger partial charge < -0.3 is 10.0 Å². The molecule has 0 bridgehead atoms. The molecule has 6 heteroatoms. The van der Waals surface area contributed by atoms with E-state index >= 15 is 0 Å². The molecule has 0 heterocycles. The van der Waals surface area contributed by atoms with Crippen molar-refractivity contribution in [3.8, 4) is 0 Å². The maximum atomic E-state index is 10.9. The summed E-state index contributed by atoms with van der Waals surface area (Å²) in [4.78, 5) is 1.76. The van der Waals surface area contributed by atoms with Gasteiger partial charge in [-0.2, -0.15) is 0 Å². The van der Waals surface area contributed by atoms with E-state index < -0.39 is 10.0 Å². The molecule has 0 aliphatic rings. The van der Waals surface area contributed by atoms with Crippen LogP contribution in [0.4, 0.5) is 0 Å². The molecule has 0 aromatic carbocycles. The lowest BCUT2D eigenvalue weighted by Gasteiger charge is -2.14. The molecule has 74 valence electrons. The minimum Gasteiger partial charge on any atom is -0.395 e. The molecular formula is C6H16N2O3S. The number of hydrogen-bond donors (Lipinski definition) is 2. The first-order valence-electron chi connectivity index (χ1n) is 3.72.